The number of carboxylic acid groups (broad SMARTS) is 1. The van der Waals surface area contributed by atoms with E-state index in [-0.39, 0.29) is 18.6 Å². The van der Waals surface area contributed by atoms with Gasteiger partial charge >= 0.3 is 5.97 Å². The highest BCUT2D eigenvalue weighted by Crippen LogP contribution is 2.23. The minimum atomic E-state index is -0.983. The van der Waals surface area contributed by atoms with Gasteiger partial charge in [0.1, 0.15) is 0 Å². The Hall–Kier alpha value is -2.93. The molecule has 2 aromatic rings. The Bertz CT molecular complexity index is 712. The van der Waals surface area contributed by atoms with Crippen LogP contribution >= 0.6 is 0 Å². The Morgan fingerprint density at radius 3 is 2.29 bits per heavy atom. The summed E-state index contributed by atoms with van der Waals surface area (Å²) < 4.78 is 0. The van der Waals surface area contributed by atoms with Gasteiger partial charge < -0.3 is 5.11 Å². The quantitative estimate of drug-likeness (QED) is 0.852. The van der Waals surface area contributed by atoms with Crippen molar-refractivity contribution in [2.24, 2.45) is 0 Å². The maximum absolute atomic E-state index is 11.8. The fourth-order valence-corrected chi connectivity index (χ4v) is 2.03. The number of hydrogen-bond donors (Lipinski definition) is 1. The van der Waals surface area contributed by atoms with Crippen LogP contribution in [0.15, 0.2) is 48.5 Å². The molecule has 21 heavy (non-hydrogen) atoms. The summed E-state index contributed by atoms with van der Waals surface area (Å²) in [6, 6.07) is 16.2. The van der Waals surface area contributed by atoms with Gasteiger partial charge in [-0.25, -0.2) is 0 Å². The second-order valence-corrected chi connectivity index (χ2v) is 4.55. The molecule has 0 atom stereocenters. The molecule has 1 N–H and O–H groups in total. The molecule has 0 aliphatic rings. The summed E-state index contributed by atoms with van der Waals surface area (Å²) in [5.41, 5.74) is 2.71. The summed E-state index contributed by atoms with van der Waals surface area (Å²) in [4.78, 5) is 22.3. The molecular formula is C17H13NO3. The van der Waals surface area contributed by atoms with E-state index < -0.39 is 5.97 Å². The molecule has 0 saturated heterocycles. The lowest BCUT2D eigenvalue weighted by atomic mass is 9.98. The zero-order chi connectivity index (χ0) is 15.2. The summed E-state index contributed by atoms with van der Waals surface area (Å²) in [6.45, 7) is 0. The molecule has 2 aromatic carbocycles. The zero-order valence-electron chi connectivity index (χ0n) is 11.2. The third-order valence-corrected chi connectivity index (χ3v) is 3.13. The Labute approximate surface area is 122 Å². The highest BCUT2D eigenvalue weighted by molar-refractivity contribution is 5.97. The van der Waals surface area contributed by atoms with E-state index in [1.54, 1.807) is 36.4 Å². The molecule has 0 aliphatic heterocycles. The zero-order valence-corrected chi connectivity index (χ0v) is 11.2. The normalized spacial score (nSPS) is 9.86. The van der Waals surface area contributed by atoms with Crippen LogP contribution in [0.5, 0.6) is 0 Å². The first kappa shape index (κ1) is 14.5. The van der Waals surface area contributed by atoms with Crippen LogP contribution in [-0.2, 0) is 4.79 Å². The third kappa shape index (κ3) is 3.54. The smallest absolute Gasteiger partial charge is 0.303 e. The van der Waals surface area contributed by atoms with Crippen molar-refractivity contribution >= 4 is 11.8 Å². The minimum Gasteiger partial charge on any atom is -0.481 e. The lowest BCUT2D eigenvalue weighted by Gasteiger charge is -2.05. The van der Waals surface area contributed by atoms with Crippen molar-refractivity contribution in [1.29, 1.82) is 5.26 Å². The Morgan fingerprint density at radius 2 is 1.67 bits per heavy atom. The van der Waals surface area contributed by atoms with Crippen molar-refractivity contribution in [3.63, 3.8) is 0 Å². The number of Topliss-reactive ketones (excluding diaryl/α,β-unsaturated/α-hetero) is 1. The molecule has 0 aromatic heterocycles. The minimum absolute atomic E-state index is 0.0105. The molecule has 0 radical (unpaired) electrons. The molecular weight excluding hydrogens is 266 g/mol. The van der Waals surface area contributed by atoms with E-state index in [2.05, 4.69) is 6.07 Å². The molecule has 104 valence electrons. The lowest BCUT2D eigenvalue weighted by Crippen LogP contribution is -2.03. The van der Waals surface area contributed by atoms with Crippen LogP contribution in [-0.4, -0.2) is 16.9 Å². The number of carboxylic acids is 1. The average Bonchev–Trinajstić information content (AvgIpc) is 2.52. The highest BCUT2D eigenvalue weighted by atomic mass is 16.4. The number of hydrogen-bond acceptors (Lipinski definition) is 3. The molecule has 2 rings (SSSR count). The molecule has 4 heteroatoms. The number of nitriles is 1. The number of carbonyl (C=O) groups is 2. The highest BCUT2D eigenvalue weighted by Gasteiger charge is 2.09. The number of nitrogens with zero attached hydrogens (tertiary/aromatic N) is 1. The Balaban J connectivity index is 2.21. The van der Waals surface area contributed by atoms with Gasteiger partial charge in [0.15, 0.2) is 5.78 Å². The van der Waals surface area contributed by atoms with Crippen molar-refractivity contribution in [1.82, 2.24) is 0 Å². The first-order valence-electron chi connectivity index (χ1n) is 6.46. The van der Waals surface area contributed by atoms with Crippen LogP contribution in [0.4, 0.5) is 0 Å². The van der Waals surface area contributed by atoms with Gasteiger partial charge in [0.2, 0.25) is 0 Å². The van der Waals surface area contributed by atoms with Gasteiger partial charge in [-0.15, -0.1) is 0 Å². The van der Waals surface area contributed by atoms with Gasteiger partial charge in [-0.2, -0.15) is 5.26 Å². The monoisotopic (exact) mass is 279 g/mol. The molecule has 0 amide bonds. The maximum atomic E-state index is 11.8. The van der Waals surface area contributed by atoms with Crippen LogP contribution in [0.1, 0.15) is 28.8 Å². The Morgan fingerprint density at radius 1 is 1.00 bits per heavy atom. The summed E-state index contributed by atoms with van der Waals surface area (Å²) in [5, 5.41) is 17.7. The van der Waals surface area contributed by atoms with Crippen molar-refractivity contribution in [3.05, 3.63) is 59.7 Å². The van der Waals surface area contributed by atoms with Gasteiger partial charge in [0, 0.05) is 12.0 Å². The number of benzene rings is 2. The SMILES string of the molecule is N#Cc1ccccc1-c1ccc(C(=O)CCC(=O)O)cc1. The summed E-state index contributed by atoms with van der Waals surface area (Å²) in [6.07, 6.45) is -0.179. The van der Waals surface area contributed by atoms with Gasteiger partial charge in [-0.3, -0.25) is 9.59 Å². The second kappa shape index (κ2) is 6.49. The van der Waals surface area contributed by atoms with E-state index in [0.717, 1.165) is 11.1 Å². The van der Waals surface area contributed by atoms with Crippen molar-refractivity contribution in [2.75, 3.05) is 0 Å². The first-order chi connectivity index (χ1) is 10.1. The van der Waals surface area contributed by atoms with E-state index in [9.17, 15) is 9.59 Å². The van der Waals surface area contributed by atoms with E-state index in [1.807, 2.05) is 12.1 Å². The predicted octanol–water partition coefficient (Wildman–Crippen LogP) is 3.27. The van der Waals surface area contributed by atoms with Crippen molar-refractivity contribution < 1.29 is 14.7 Å². The van der Waals surface area contributed by atoms with Crippen LogP contribution in [0.3, 0.4) is 0 Å². The number of ketones is 1. The molecule has 0 aliphatic carbocycles. The molecule has 0 fully saturated rings. The van der Waals surface area contributed by atoms with E-state index in [1.165, 1.54) is 0 Å². The second-order valence-electron chi connectivity index (χ2n) is 4.55. The molecule has 4 nitrogen and oxygen atoms in total. The maximum Gasteiger partial charge on any atom is 0.303 e. The number of rotatable bonds is 5. The molecule has 0 unspecified atom stereocenters. The first-order valence-corrected chi connectivity index (χ1v) is 6.46. The van der Waals surface area contributed by atoms with Gasteiger partial charge in [0.05, 0.1) is 18.1 Å². The number of carbonyl (C=O) groups excluding carboxylic acids is 1. The van der Waals surface area contributed by atoms with Gasteiger partial charge in [-0.1, -0.05) is 42.5 Å². The molecule has 0 heterocycles. The van der Waals surface area contributed by atoms with Crippen molar-refractivity contribution in [3.8, 4) is 17.2 Å². The topological polar surface area (TPSA) is 78.2 Å². The average molecular weight is 279 g/mol. The predicted molar refractivity (Wildman–Crippen MR) is 77.8 cm³/mol. The van der Waals surface area contributed by atoms with Gasteiger partial charge in [-0.05, 0) is 17.2 Å². The van der Waals surface area contributed by atoms with Crippen LogP contribution in [0.25, 0.3) is 11.1 Å². The largest absolute Gasteiger partial charge is 0.481 e. The molecule has 0 bridgehead atoms. The fraction of sp³-hybridized carbons (Fsp3) is 0.118. The lowest BCUT2D eigenvalue weighted by molar-refractivity contribution is -0.136. The molecule has 0 saturated carbocycles. The summed E-state index contributed by atoms with van der Waals surface area (Å²) in [5.74, 6) is -1.18. The number of aliphatic carboxylic acids is 1. The fourth-order valence-electron chi connectivity index (χ4n) is 2.03. The van der Waals surface area contributed by atoms with Crippen LogP contribution in [0, 0.1) is 11.3 Å². The van der Waals surface area contributed by atoms with E-state index >= 15 is 0 Å². The van der Waals surface area contributed by atoms with Crippen molar-refractivity contribution in [2.45, 2.75) is 12.8 Å². The van der Waals surface area contributed by atoms with E-state index in [4.69, 9.17) is 10.4 Å². The van der Waals surface area contributed by atoms with Crippen LogP contribution < -0.4 is 0 Å². The molecule has 0 spiro atoms. The Kier molecular flexibility index (Phi) is 4.47. The van der Waals surface area contributed by atoms with Crippen LogP contribution in [0.2, 0.25) is 0 Å². The standard InChI is InChI=1S/C17H13NO3/c18-11-14-3-1-2-4-15(14)12-5-7-13(8-6-12)16(19)9-10-17(20)21/h1-8H,9-10H2,(H,20,21). The van der Waals surface area contributed by atoms with E-state index in [0.29, 0.717) is 11.1 Å². The van der Waals surface area contributed by atoms with Gasteiger partial charge in [0.25, 0.3) is 0 Å². The summed E-state index contributed by atoms with van der Waals surface area (Å²) >= 11 is 0. The summed E-state index contributed by atoms with van der Waals surface area (Å²) in [7, 11) is 0. The third-order valence-electron chi connectivity index (χ3n) is 3.13.